The molecule has 1 aromatic carbocycles. The molecule has 6 heteroatoms. The van der Waals surface area contributed by atoms with E-state index in [1.54, 1.807) is 0 Å². The van der Waals surface area contributed by atoms with Gasteiger partial charge in [-0.1, -0.05) is 23.5 Å². The first-order chi connectivity index (χ1) is 7.63. The Morgan fingerprint density at radius 2 is 2.31 bits per heavy atom. The number of hydrogen-bond donors (Lipinski definition) is 1. The van der Waals surface area contributed by atoms with Crippen molar-refractivity contribution in [3.63, 3.8) is 0 Å². The second kappa shape index (κ2) is 3.97. The predicted molar refractivity (Wildman–Crippen MR) is 62.7 cm³/mol. The molecule has 0 spiro atoms. The van der Waals surface area contributed by atoms with Gasteiger partial charge in [0.2, 0.25) is 4.80 Å². The number of nitrogen functional groups attached to an aromatic ring is 1. The molecule has 0 aliphatic carbocycles. The number of carbonyl (C=O) groups excluding carboxylic acids is 1. The number of thiazole rings is 1. The molecular formula is C10H11N3O2S. The maximum absolute atomic E-state index is 11.0. The summed E-state index contributed by atoms with van der Waals surface area (Å²) in [5.41, 5.74) is 1.93. The molecule has 2 N–H and O–H groups in total. The minimum atomic E-state index is -0.650. The van der Waals surface area contributed by atoms with Crippen molar-refractivity contribution in [2.45, 2.75) is 6.92 Å². The highest BCUT2D eigenvalue weighted by Gasteiger charge is 2.06. The largest absolute Gasteiger partial charge is 0.451 e. The van der Waals surface area contributed by atoms with Gasteiger partial charge in [0.05, 0.1) is 17.3 Å². The van der Waals surface area contributed by atoms with Crippen molar-refractivity contribution in [3.8, 4) is 0 Å². The fourth-order valence-electron chi connectivity index (χ4n) is 1.47. The first-order valence-electron chi connectivity index (χ1n) is 4.62. The first-order valence-corrected chi connectivity index (χ1v) is 5.44. The van der Waals surface area contributed by atoms with Crippen molar-refractivity contribution in [2.75, 3.05) is 13.0 Å². The van der Waals surface area contributed by atoms with Gasteiger partial charge in [-0.15, -0.1) is 4.99 Å². The van der Waals surface area contributed by atoms with Crippen molar-refractivity contribution in [2.24, 2.45) is 4.99 Å². The van der Waals surface area contributed by atoms with Crippen molar-refractivity contribution in [3.05, 3.63) is 28.6 Å². The van der Waals surface area contributed by atoms with Gasteiger partial charge in [0.1, 0.15) is 0 Å². The molecule has 1 heterocycles. The number of benzene rings is 1. The van der Waals surface area contributed by atoms with Crippen LogP contribution in [0.4, 0.5) is 4.79 Å². The van der Waals surface area contributed by atoms with Crippen LogP contribution in [0.15, 0.2) is 23.2 Å². The molecule has 1 amide bonds. The third-order valence-electron chi connectivity index (χ3n) is 2.21. The Bertz CT molecular complexity index is 612. The van der Waals surface area contributed by atoms with Crippen LogP contribution in [0.2, 0.25) is 0 Å². The molecule has 0 saturated carbocycles. The number of para-hydroxylation sites is 1. The van der Waals surface area contributed by atoms with Gasteiger partial charge in [0.15, 0.2) is 0 Å². The summed E-state index contributed by atoms with van der Waals surface area (Å²) in [6, 6.07) is 5.84. The summed E-state index contributed by atoms with van der Waals surface area (Å²) in [4.78, 5) is 15.2. The molecular weight excluding hydrogens is 226 g/mol. The van der Waals surface area contributed by atoms with Crippen LogP contribution in [0.1, 0.15) is 5.56 Å². The number of rotatable bonds is 0. The Labute approximate surface area is 95.8 Å². The van der Waals surface area contributed by atoms with E-state index in [9.17, 15) is 4.79 Å². The molecule has 0 unspecified atom stereocenters. The van der Waals surface area contributed by atoms with Crippen molar-refractivity contribution in [1.82, 2.24) is 4.68 Å². The molecule has 16 heavy (non-hydrogen) atoms. The molecule has 2 aromatic rings. The van der Waals surface area contributed by atoms with Crippen LogP contribution >= 0.6 is 11.3 Å². The van der Waals surface area contributed by atoms with E-state index in [2.05, 4.69) is 9.73 Å². The quantitative estimate of drug-likeness (QED) is 0.704. The highest BCUT2D eigenvalue weighted by molar-refractivity contribution is 7.16. The number of nitrogens with zero attached hydrogens (tertiary/aromatic N) is 2. The van der Waals surface area contributed by atoms with Crippen molar-refractivity contribution < 1.29 is 9.53 Å². The number of carbonyl (C=O) groups is 1. The second-order valence-corrected chi connectivity index (χ2v) is 4.27. The Morgan fingerprint density at radius 3 is 2.94 bits per heavy atom. The summed E-state index contributed by atoms with van der Waals surface area (Å²) in [5.74, 6) is 5.87. The van der Waals surface area contributed by atoms with E-state index in [0.29, 0.717) is 4.80 Å². The van der Waals surface area contributed by atoms with Gasteiger partial charge in [-0.25, -0.2) is 9.47 Å². The van der Waals surface area contributed by atoms with E-state index in [-0.39, 0.29) is 0 Å². The highest BCUT2D eigenvalue weighted by atomic mass is 32.1. The fourth-order valence-corrected chi connectivity index (χ4v) is 2.48. The van der Waals surface area contributed by atoms with Gasteiger partial charge in [0, 0.05) is 0 Å². The zero-order chi connectivity index (χ0) is 11.7. The van der Waals surface area contributed by atoms with Crippen LogP contribution in [0.25, 0.3) is 10.2 Å². The third-order valence-corrected chi connectivity index (χ3v) is 3.23. The van der Waals surface area contributed by atoms with Crippen LogP contribution in [0.3, 0.4) is 0 Å². The molecule has 84 valence electrons. The zero-order valence-corrected chi connectivity index (χ0v) is 9.75. The SMILES string of the molecule is COC(=O)/N=c1/sc2cccc(C)c2n1N. The highest BCUT2D eigenvalue weighted by Crippen LogP contribution is 2.18. The van der Waals surface area contributed by atoms with E-state index in [4.69, 9.17) is 5.84 Å². The summed E-state index contributed by atoms with van der Waals surface area (Å²) in [6.07, 6.45) is -0.650. The van der Waals surface area contributed by atoms with E-state index < -0.39 is 6.09 Å². The molecule has 0 bridgehead atoms. The Morgan fingerprint density at radius 1 is 1.56 bits per heavy atom. The molecule has 5 nitrogen and oxygen atoms in total. The van der Waals surface area contributed by atoms with Gasteiger partial charge in [-0.3, -0.25) is 0 Å². The average molecular weight is 237 g/mol. The number of nitrogens with two attached hydrogens (primary N) is 1. The number of aromatic nitrogens is 1. The van der Waals surface area contributed by atoms with E-state index >= 15 is 0 Å². The molecule has 0 atom stereocenters. The van der Waals surface area contributed by atoms with Crippen molar-refractivity contribution in [1.29, 1.82) is 0 Å². The number of amides is 1. The molecule has 0 saturated heterocycles. The Hall–Kier alpha value is -1.82. The number of methoxy groups -OCH3 is 1. The van der Waals surface area contributed by atoms with Crippen LogP contribution < -0.4 is 10.6 Å². The van der Waals surface area contributed by atoms with Crippen LogP contribution in [-0.4, -0.2) is 17.9 Å². The second-order valence-electron chi connectivity index (χ2n) is 3.26. The lowest BCUT2D eigenvalue weighted by molar-refractivity contribution is 0.181. The number of fused-ring (bicyclic) bond motifs is 1. The Kier molecular flexibility index (Phi) is 2.66. The first kappa shape index (κ1) is 10.7. The standard InChI is InChI=1S/C10H11N3O2S/c1-6-4-3-5-7-8(6)13(11)9(16-7)12-10(14)15-2/h3-5H,11H2,1-2H3/b12-9+. The zero-order valence-electron chi connectivity index (χ0n) is 8.93. The van der Waals surface area contributed by atoms with Gasteiger partial charge in [0.25, 0.3) is 0 Å². The average Bonchev–Trinajstić information content (AvgIpc) is 2.57. The molecule has 0 aliphatic rings. The Balaban J connectivity index is 2.75. The van der Waals surface area contributed by atoms with E-state index in [0.717, 1.165) is 15.8 Å². The monoisotopic (exact) mass is 237 g/mol. The summed E-state index contributed by atoms with van der Waals surface area (Å²) in [7, 11) is 1.28. The fraction of sp³-hybridized carbons (Fsp3) is 0.200. The maximum atomic E-state index is 11.0. The van der Waals surface area contributed by atoms with Gasteiger partial charge < -0.3 is 10.6 Å². The summed E-state index contributed by atoms with van der Waals surface area (Å²) in [6.45, 7) is 1.96. The topological polar surface area (TPSA) is 69.6 Å². The number of hydrogen-bond acceptors (Lipinski definition) is 4. The van der Waals surface area contributed by atoms with E-state index in [1.807, 2.05) is 25.1 Å². The lowest BCUT2D eigenvalue weighted by Gasteiger charge is -1.98. The minimum Gasteiger partial charge on any atom is -0.451 e. The maximum Gasteiger partial charge on any atom is 0.436 e. The smallest absolute Gasteiger partial charge is 0.436 e. The molecule has 0 radical (unpaired) electrons. The predicted octanol–water partition coefficient (Wildman–Crippen LogP) is 1.39. The van der Waals surface area contributed by atoms with E-state index in [1.165, 1.54) is 23.1 Å². The van der Waals surface area contributed by atoms with Crippen LogP contribution in [0.5, 0.6) is 0 Å². The summed E-state index contributed by atoms with van der Waals surface area (Å²) >= 11 is 1.35. The lowest BCUT2D eigenvalue weighted by atomic mass is 10.2. The normalized spacial score (nSPS) is 12.0. The van der Waals surface area contributed by atoms with Gasteiger partial charge in [-0.05, 0) is 18.6 Å². The number of ether oxygens (including phenoxy) is 1. The lowest BCUT2D eigenvalue weighted by Crippen LogP contribution is -2.24. The molecule has 0 aliphatic heterocycles. The molecule has 0 fully saturated rings. The van der Waals surface area contributed by atoms with Crippen LogP contribution in [0, 0.1) is 6.92 Å². The number of aryl methyl sites for hydroxylation is 1. The molecule has 2 rings (SSSR count). The molecule has 1 aromatic heterocycles. The van der Waals surface area contributed by atoms with Crippen molar-refractivity contribution >= 4 is 27.6 Å². The third kappa shape index (κ3) is 1.67. The van der Waals surface area contributed by atoms with Gasteiger partial charge >= 0.3 is 6.09 Å². The minimum absolute atomic E-state index is 0.427. The van der Waals surface area contributed by atoms with Gasteiger partial charge in [-0.2, -0.15) is 0 Å². The summed E-state index contributed by atoms with van der Waals surface area (Å²) < 4.78 is 6.87. The van der Waals surface area contributed by atoms with Crippen LogP contribution in [-0.2, 0) is 4.74 Å². The summed E-state index contributed by atoms with van der Waals surface area (Å²) in [5, 5.41) is 0.